The molecule has 4 aromatic rings. The Morgan fingerprint density at radius 3 is 2.49 bits per heavy atom. The number of imidazole rings is 1. The third-order valence-electron chi connectivity index (χ3n) is 7.05. The van der Waals surface area contributed by atoms with Gasteiger partial charge in [0.25, 0.3) is 5.92 Å². The van der Waals surface area contributed by atoms with Crippen LogP contribution in [0.4, 0.5) is 14.5 Å². The Hall–Kier alpha value is -3.48. The minimum absolute atomic E-state index is 0.0824. The number of piperidine rings is 1. The lowest BCUT2D eigenvalue weighted by Crippen LogP contribution is -2.39. The van der Waals surface area contributed by atoms with E-state index < -0.39 is 5.92 Å². The van der Waals surface area contributed by atoms with Crippen LogP contribution >= 0.6 is 0 Å². The number of alkyl halides is 2. The van der Waals surface area contributed by atoms with Gasteiger partial charge < -0.3 is 14.2 Å². The molecule has 0 amide bonds. The van der Waals surface area contributed by atoms with Crippen LogP contribution in [0.25, 0.3) is 11.0 Å². The molecule has 1 aliphatic heterocycles. The van der Waals surface area contributed by atoms with Crippen LogP contribution in [-0.4, -0.2) is 33.5 Å². The maximum Gasteiger partial charge on any atom is 0.251 e. The number of ether oxygens (including phenoxy) is 1. The Labute approximate surface area is 217 Å². The highest BCUT2D eigenvalue weighted by molar-refractivity contribution is 5.78. The van der Waals surface area contributed by atoms with Gasteiger partial charge in [0.15, 0.2) is 0 Å². The fraction of sp³-hybridized carbons (Fsp3) is 0.400. The molecule has 2 aromatic heterocycles. The summed E-state index contributed by atoms with van der Waals surface area (Å²) in [4.78, 5) is 11.4. The Morgan fingerprint density at radius 1 is 1.00 bits per heavy atom. The molecule has 0 saturated carbocycles. The van der Waals surface area contributed by atoms with Crippen molar-refractivity contribution < 1.29 is 13.5 Å². The van der Waals surface area contributed by atoms with E-state index in [1.807, 2.05) is 54.4 Å². The fourth-order valence-corrected chi connectivity index (χ4v) is 4.77. The maximum atomic E-state index is 13.6. The minimum Gasteiger partial charge on any atom is -0.487 e. The van der Waals surface area contributed by atoms with Crippen LogP contribution in [0.2, 0.25) is 0 Å². The van der Waals surface area contributed by atoms with Crippen molar-refractivity contribution in [1.29, 1.82) is 0 Å². The highest BCUT2D eigenvalue weighted by atomic mass is 19.3. The van der Waals surface area contributed by atoms with Crippen molar-refractivity contribution in [3.05, 3.63) is 83.4 Å². The summed E-state index contributed by atoms with van der Waals surface area (Å²) in [5.74, 6) is -0.681. The van der Waals surface area contributed by atoms with Crippen LogP contribution in [0.5, 0.6) is 5.75 Å². The second kappa shape index (κ2) is 10.9. The number of pyridine rings is 1. The number of anilines is 1. The molecule has 37 heavy (non-hydrogen) atoms. The first-order valence-corrected chi connectivity index (χ1v) is 13.2. The van der Waals surface area contributed by atoms with E-state index in [0.717, 1.165) is 64.4 Å². The third-order valence-corrected chi connectivity index (χ3v) is 7.05. The van der Waals surface area contributed by atoms with Crippen molar-refractivity contribution in [2.75, 3.05) is 18.0 Å². The van der Waals surface area contributed by atoms with Gasteiger partial charge in [0.05, 0.1) is 16.7 Å². The van der Waals surface area contributed by atoms with E-state index in [9.17, 15) is 8.78 Å². The number of benzene rings is 2. The summed E-state index contributed by atoms with van der Waals surface area (Å²) in [6, 6.07) is 18.4. The number of hydrogen-bond acceptors (Lipinski definition) is 4. The van der Waals surface area contributed by atoms with Gasteiger partial charge in [-0.05, 0) is 54.8 Å². The molecule has 0 N–H and O–H groups in total. The van der Waals surface area contributed by atoms with Gasteiger partial charge in [0, 0.05) is 56.8 Å². The van der Waals surface area contributed by atoms with Crippen LogP contribution < -0.4 is 9.64 Å². The quantitative estimate of drug-likeness (QED) is 0.248. The van der Waals surface area contributed by atoms with Crippen LogP contribution in [0, 0.1) is 6.92 Å². The fourth-order valence-electron chi connectivity index (χ4n) is 4.77. The first-order valence-electron chi connectivity index (χ1n) is 13.2. The summed E-state index contributed by atoms with van der Waals surface area (Å²) in [6.45, 7) is 6.09. The van der Waals surface area contributed by atoms with Crippen molar-refractivity contribution >= 4 is 16.7 Å². The van der Waals surface area contributed by atoms with E-state index in [4.69, 9.17) is 9.72 Å². The molecule has 1 aliphatic rings. The Bertz CT molecular complexity index is 1320. The number of aryl methyl sites for hydroxylation is 2. The van der Waals surface area contributed by atoms with Gasteiger partial charge in [0.1, 0.15) is 18.2 Å². The lowest BCUT2D eigenvalue weighted by Gasteiger charge is -2.33. The predicted octanol–water partition coefficient (Wildman–Crippen LogP) is 6.95. The van der Waals surface area contributed by atoms with Crippen LogP contribution in [0.15, 0.2) is 60.8 Å². The van der Waals surface area contributed by atoms with Crippen molar-refractivity contribution in [3.63, 3.8) is 0 Å². The molecule has 3 heterocycles. The highest BCUT2D eigenvalue weighted by Crippen LogP contribution is 2.31. The molecule has 5 nitrogen and oxygen atoms in total. The van der Waals surface area contributed by atoms with E-state index in [1.54, 1.807) is 0 Å². The van der Waals surface area contributed by atoms with Gasteiger partial charge in [0.2, 0.25) is 0 Å². The minimum atomic E-state index is -2.53. The first-order chi connectivity index (χ1) is 17.9. The largest absolute Gasteiger partial charge is 0.487 e. The number of hydrogen-bond donors (Lipinski definition) is 0. The molecule has 7 heteroatoms. The molecule has 2 aromatic carbocycles. The molecule has 0 bridgehead atoms. The SMILES string of the molecule is CCCCc1nc2ccc(OCc3ccc(C)cn3)cc2n1Cc1ccc(N2CCC(F)(F)CC2)cc1. The summed E-state index contributed by atoms with van der Waals surface area (Å²) < 4.78 is 35.5. The molecule has 5 rings (SSSR count). The second-order valence-corrected chi connectivity index (χ2v) is 9.99. The van der Waals surface area contributed by atoms with Crippen molar-refractivity contribution in [2.24, 2.45) is 0 Å². The maximum absolute atomic E-state index is 13.6. The number of fused-ring (bicyclic) bond motifs is 1. The smallest absolute Gasteiger partial charge is 0.251 e. The summed E-state index contributed by atoms with van der Waals surface area (Å²) in [5, 5.41) is 0. The number of nitrogens with zero attached hydrogens (tertiary/aromatic N) is 4. The average Bonchev–Trinajstić information content (AvgIpc) is 3.24. The van der Waals surface area contributed by atoms with E-state index in [0.29, 0.717) is 26.2 Å². The van der Waals surface area contributed by atoms with Gasteiger partial charge in [-0.15, -0.1) is 0 Å². The summed E-state index contributed by atoms with van der Waals surface area (Å²) in [6.07, 6.45) is 4.77. The van der Waals surface area contributed by atoms with Gasteiger partial charge in [-0.3, -0.25) is 4.98 Å². The van der Waals surface area contributed by atoms with Crippen molar-refractivity contribution in [3.8, 4) is 5.75 Å². The molecule has 0 radical (unpaired) electrons. The molecule has 1 fully saturated rings. The first kappa shape index (κ1) is 25.2. The molecule has 0 unspecified atom stereocenters. The zero-order chi connectivity index (χ0) is 25.8. The Balaban J connectivity index is 1.35. The standard InChI is InChI=1S/C30H34F2N4O/c1-3-4-5-29-34-27-13-12-26(37-21-24-9-6-22(2)19-33-24)18-28(27)36(29)20-23-7-10-25(11-8-23)35-16-14-30(31,32)15-17-35/h6-13,18-19H,3-5,14-17,20-21H2,1-2H3. The Kier molecular flexibility index (Phi) is 7.40. The molecule has 0 atom stereocenters. The van der Waals surface area contributed by atoms with Crippen LogP contribution in [0.1, 0.15) is 55.3 Å². The number of unbranched alkanes of at least 4 members (excludes halogenated alkanes) is 1. The topological polar surface area (TPSA) is 43.2 Å². The van der Waals surface area contributed by atoms with E-state index >= 15 is 0 Å². The van der Waals surface area contributed by atoms with Crippen LogP contribution in [0.3, 0.4) is 0 Å². The number of halogens is 2. The van der Waals surface area contributed by atoms with E-state index in [-0.39, 0.29) is 12.8 Å². The normalized spacial score (nSPS) is 15.3. The van der Waals surface area contributed by atoms with E-state index in [1.165, 1.54) is 0 Å². The monoisotopic (exact) mass is 504 g/mol. The average molecular weight is 505 g/mol. The van der Waals surface area contributed by atoms with Crippen LogP contribution in [-0.2, 0) is 19.6 Å². The lowest BCUT2D eigenvalue weighted by atomic mass is 10.1. The van der Waals surface area contributed by atoms with Gasteiger partial charge in [-0.25, -0.2) is 13.8 Å². The van der Waals surface area contributed by atoms with Gasteiger partial charge in [-0.2, -0.15) is 0 Å². The van der Waals surface area contributed by atoms with E-state index in [2.05, 4.69) is 34.7 Å². The molecule has 194 valence electrons. The zero-order valence-corrected chi connectivity index (χ0v) is 21.6. The molecular weight excluding hydrogens is 470 g/mol. The van der Waals surface area contributed by atoms with Crippen molar-refractivity contribution in [1.82, 2.24) is 14.5 Å². The molecule has 0 spiro atoms. The summed E-state index contributed by atoms with van der Waals surface area (Å²) >= 11 is 0. The second-order valence-electron chi connectivity index (χ2n) is 9.99. The number of rotatable bonds is 9. The predicted molar refractivity (Wildman–Crippen MR) is 144 cm³/mol. The third kappa shape index (κ3) is 6.09. The van der Waals surface area contributed by atoms with Crippen molar-refractivity contribution in [2.45, 2.75) is 65.0 Å². The lowest BCUT2D eigenvalue weighted by molar-refractivity contribution is -0.0220. The highest BCUT2D eigenvalue weighted by Gasteiger charge is 2.34. The Morgan fingerprint density at radius 2 is 1.78 bits per heavy atom. The summed E-state index contributed by atoms with van der Waals surface area (Å²) in [7, 11) is 0. The zero-order valence-electron chi connectivity index (χ0n) is 21.6. The van der Waals surface area contributed by atoms with Gasteiger partial charge in [-0.1, -0.05) is 31.5 Å². The summed E-state index contributed by atoms with van der Waals surface area (Å²) in [5.41, 5.74) is 6.17. The van der Waals surface area contributed by atoms with Gasteiger partial charge >= 0.3 is 0 Å². The molecule has 1 saturated heterocycles. The molecular formula is C30H34F2N4O. The number of aromatic nitrogens is 3. The molecule has 0 aliphatic carbocycles.